The molecule has 0 unspecified atom stereocenters. The van der Waals surface area contributed by atoms with E-state index in [2.05, 4.69) is 0 Å². The van der Waals surface area contributed by atoms with Crippen molar-refractivity contribution in [3.8, 4) is 5.75 Å². The molecule has 0 amide bonds. The first-order chi connectivity index (χ1) is 8.68. The summed E-state index contributed by atoms with van der Waals surface area (Å²) in [5.74, 6) is -0.0425. The number of phenols is 1. The first-order valence-corrected chi connectivity index (χ1v) is 5.83. The Labute approximate surface area is 104 Å². The minimum atomic E-state index is -0.123. The van der Waals surface area contributed by atoms with Gasteiger partial charge < -0.3 is 5.11 Å². The lowest BCUT2D eigenvalue weighted by atomic mass is 9.98. The molecule has 0 aliphatic heterocycles. The molecule has 0 radical (unpaired) electrons. The van der Waals surface area contributed by atoms with E-state index >= 15 is 0 Å². The van der Waals surface area contributed by atoms with Crippen molar-refractivity contribution >= 4 is 27.3 Å². The molecule has 88 valence electrons. The molecule has 0 aliphatic carbocycles. The van der Waals surface area contributed by atoms with Crippen LogP contribution in [0.15, 0.2) is 48.5 Å². The highest BCUT2D eigenvalue weighted by Gasteiger charge is 2.12. The number of hydrogen-bond donors (Lipinski definition) is 1. The molecule has 3 aromatic carbocycles. The van der Waals surface area contributed by atoms with Gasteiger partial charge in [0.2, 0.25) is 0 Å². The van der Waals surface area contributed by atoms with E-state index in [1.165, 1.54) is 6.92 Å². The summed E-state index contributed by atoms with van der Waals surface area (Å²) >= 11 is 0. The fourth-order valence-electron chi connectivity index (χ4n) is 2.36. The van der Waals surface area contributed by atoms with Crippen molar-refractivity contribution in [2.45, 2.75) is 6.92 Å². The average Bonchev–Trinajstić information content (AvgIpc) is 2.38. The van der Waals surface area contributed by atoms with Crippen LogP contribution in [-0.4, -0.2) is 10.9 Å². The first kappa shape index (κ1) is 10.8. The Bertz CT molecular complexity index is 772. The molecule has 18 heavy (non-hydrogen) atoms. The summed E-state index contributed by atoms with van der Waals surface area (Å²) < 4.78 is 0. The van der Waals surface area contributed by atoms with Crippen LogP contribution in [0.3, 0.4) is 0 Å². The number of hydrogen-bond acceptors (Lipinski definition) is 2. The highest BCUT2D eigenvalue weighted by atomic mass is 16.3. The lowest BCUT2D eigenvalue weighted by molar-refractivity contribution is 0.101. The van der Waals surface area contributed by atoms with Crippen LogP contribution >= 0.6 is 0 Å². The number of Topliss-reactive ketones (excluding diaryl/α,β-unsaturated/α-hetero) is 1. The van der Waals surface area contributed by atoms with Crippen LogP contribution in [0.1, 0.15) is 17.3 Å². The predicted molar refractivity (Wildman–Crippen MR) is 73.1 cm³/mol. The topological polar surface area (TPSA) is 37.3 Å². The van der Waals surface area contributed by atoms with Crippen LogP contribution in [-0.2, 0) is 0 Å². The Balaban J connectivity index is 2.55. The van der Waals surface area contributed by atoms with Crippen molar-refractivity contribution in [3.63, 3.8) is 0 Å². The normalized spacial score (nSPS) is 10.9. The summed E-state index contributed by atoms with van der Waals surface area (Å²) in [6.45, 7) is 1.46. The van der Waals surface area contributed by atoms with E-state index in [-0.39, 0.29) is 11.5 Å². The molecular formula is C16H12O2. The van der Waals surface area contributed by atoms with Crippen molar-refractivity contribution in [1.82, 2.24) is 0 Å². The fourth-order valence-corrected chi connectivity index (χ4v) is 2.36. The van der Waals surface area contributed by atoms with Crippen LogP contribution in [0.25, 0.3) is 21.5 Å². The molecular weight excluding hydrogens is 224 g/mol. The molecule has 0 fully saturated rings. The maximum Gasteiger partial charge on any atom is 0.163 e. The number of carbonyl (C=O) groups excluding carboxylic acids is 1. The van der Waals surface area contributed by atoms with E-state index in [4.69, 9.17) is 0 Å². The number of ketones is 1. The average molecular weight is 236 g/mol. The second-order valence-corrected chi connectivity index (χ2v) is 4.40. The summed E-state index contributed by atoms with van der Waals surface area (Å²) in [6, 6.07) is 15.4. The summed E-state index contributed by atoms with van der Waals surface area (Å²) in [6.07, 6.45) is 0. The van der Waals surface area contributed by atoms with Gasteiger partial charge in [-0.05, 0) is 29.1 Å². The summed E-state index contributed by atoms with van der Waals surface area (Å²) in [4.78, 5) is 11.5. The molecule has 0 saturated heterocycles. The van der Waals surface area contributed by atoms with Crippen molar-refractivity contribution in [3.05, 3.63) is 54.1 Å². The zero-order valence-corrected chi connectivity index (χ0v) is 9.97. The fraction of sp³-hybridized carbons (Fsp3) is 0.0625. The number of phenolic OH excluding ortho intramolecular Hbond substituents is 1. The molecule has 3 aromatic rings. The standard InChI is InChI=1S/C16H12O2/c1-10(17)13-9-8-12-7-6-11-4-2-3-5-14(11)15(12)16(13)18/h2-9,18H,1H3. The third-order valence-electron chi connectivity index (χ3n) is 3.26. The van der Waals surface area contributed by atoms with Crippen molar-refractivity contribution in [2.75, 3.05) is 0 Å². The monoisotopic (exact) mass is 236 g/mol. The highest BCUT2D eigenvalue weighted by Crippen LogP contribution is 2.34. The lowest BCUT2D eigenvalue weighted by Crippen LogP contribution is -1.93. The largest absolute Gasteiger partial charge is 0.507 e. The number of rotatable bonds is 1. The molecule has 2 nitrogen and oxygen atoms in total. The minimum Gasteiger partial charge on any atom is -0.507 e. The number of aromatic hydroxyl groups is 1. The van der Waals surface area contributed by atoms with E-state index < -0.39 is 0 Å². The second-order valence-electron chi connectivity index (χ2n) is 4.40. The Morgan fingerprint density at radius 1 is 0.944 bits per heavy atom. The highest BCUT2D eigenvalue weighted by molar-refractivity contribution is 6.14. The first-order valence-electron chi connectivity index (χ1n) is 5.83. The Hall–Kier alpha value is -2.35. The maximum atomic E-state index is 11.5. The van der Waals surface area contributed by atoms with Gasteiger partial charge in [0.1, 0.15) is 5.75 Å². The lowest BCUT2D eigenvalue weighted by Gasteiger charge is -2.08. The van der Waals surface area contributed by atoms with Crippen LogP contribution in [0.5, 0.6) is 5.75 Å². The van der Waals surface area contributed by atoms with E-state index in [1.807, 2.05) is 42.5 Å². The van der Waals surface area contributed by atoms with Crippen LogP contribution in [0.4, 0.5) is 0 Å². The minimum absolute atomic E-state index is 0.0804. The predicted octanol–water partition coefficient (Wildman–Crippen LogP) is 3.90. The van der Waals surface area contributed by atoms with Gasteiger partial charge in [0, 0.05) is 5.39 Å². The van der Waals surface area contributed by atoms with Gasteiger partial charge in [-0.3, -0.25) is 4.79 Å². The van der Waals surface area contributed by atoms with Gasteiger partial charge in [-0.15, -0.1) is 0 Å². The number of fused-ring (bicyclic) bond motifs is 3. The molecule has 0 spiro atoms. The third-order valence-corrected chi connectivity index (χ3v) is 3.26. The quantitative estimate of drug-likeness (QED) is 0.514. The summed E-state index contributed by atoms with van der Waals surface area (Å²) in [7, 11) is 0. The molecule has 1 N–H and O–H groups in total. The molecule has 0 aliphatic rings. The van der Waals surface area contributed by atoms with Crippen LogP contribution < -0.4 is 0 Å². The molecule has 0 aromatic heterocycles. The van der Waals surface area contributed by atoms with E-state index in [0.717, 1.165) is 21.5 Å². The number of carbonyl (C=O) groups is 1. The Kier molecular flexibility index (Phi) is 2.30. The summed E-state index contributed by atoms with van der Waals surface area (Å²) in [5.41, 5.74) is 0.374. The van der Waals surface area contributed by atoms with Gasteiger partial charge >= 0.3 is 0 Å². The van der Waals surface area contributed by atoms with Gasteiger partial charge in [0.15, 0.2) is 5.78 Å². The van der Waals surface area contributed by atoms with E-state index in [1.54, 1.807) is 6.07 Å². The SMILES string of the molecule is CC(=O)c1ccc2ccc3ccccc3c2c1O. The smallest absolute Gasteiger partial charge is 0.163 e. The van der Waals surface area contributed by atoms with Gasteiger partial charge in [-0.1, -0.05) is 42.5 Å². The Morgan fingerprint density at radius 3 is 2.39 bits per heavy atom. The van der Waals surface area contributed by atoms with Gasteiger partial charge in [0.05, 0.1) is 5.56 Å². The molecule has 3 rings (SSSR count). The van der Waals surface area contributed by atoms with Gasteiger partial charge in [-0.25, -0.2) is 0 Å². The second kappa shape index (κ2) is 3.84. The zero-order chi connectivity index (χ0) is 12.7. The van der Waals surface area contributed by atoms with Gasteiger partial charge in [-0.2, -0.15) is 0 Å². The van der Waals surface area contributed by atoms with Crippen molar-refractivity contribution < 1.29 is 9.90 Å². The molecule has 0 saturated carbocycles. The van der Waals surface area contributed by atoms with E-state index in [9.17, 15) is 9.90 Å². The van der Waals surface area contributed by atoms with Crippen LogP contribution in [0.2, 0.25) is 0 Å². The van der Waals surface area contributed by atoms with E-state index in [0.29, 0.717) is 5.56 Å². The molecule has 2 heteroatoms. The maximum absolute atomic E-state index is 11.5. The third kappa shape index (κ3) is 1.46. The molecule has 0 heterocycles. The number of benzene rings is 3. The molecule has 0 bridgehead atoms. The zero-order valence-electron chi connectivity index (χ0n) is 9.97. The summed E-state index contributed by atoms with van der Waals surface area (Å²) in [5, 5.41) is 14.0. The van der Waals surface area contributed by atoms with Crippen molar-refractivity contribution in [1.29, 1.82) is 0 Å². The Morgan fingerprint density at radius 2 is 1.61 bits per heavy atom. The van der Waals surface area contributed by atoms with Gasteiger partial charge in [0.25, 0.3) is 0 Å². The molecule has 0 atom stereocenters. The van der Waals surface area contributed by atoms with Crippen molar-refractivity contribution in [2.24, 2.45) is 0 Å². The van der Waals surface area contributed by atoms with Crippen LogP contribution in [0, 0.1) is 0 Å².